The highest BCUT2D eigenvalue weighted by molar-refractivity contribution is 5.77. The molecule has 3 nitrogen and oxygen atoms in total. The van der Waals surface area contributed by atoms with Crippen molar-refractivity contribution in [2.45, 2.75) is 59.0 Å². The molecule has 1 fully saturated rings. The van der Waals surface area contributed by atoms with Crippen LogP contribution in [0.4, 0.5) is 0 Å². The van der Waals surface area contributed by atoms with Crippen LogP contribution in [0, 0.1) is 19.8 Å². The van der Waals surface area contributed by atoms with Gasteiger partial charge in [-0.05, 0) is 76.6 Å². The molecule has 0 radical (unpaired) electrons. The molecule has 0 bridgehead atoms. The summed E-state index contributed by atoms with van der Waals surface area (Å²) in [7, 11) is 0. The van der Waals surface area contributed by atoms with Crippen LogP contribution in [0.15, 0.2) is 18.5 Å². The van der Waals surface area contributed by atoms with Crippen molar-refractivity contribution in [2.75, 3.05) is 6.54 Å². The number of hydrogen-bond acceptors (Lipinski definition) is 2. The van der Waals surface area contributed by atoms with E-state index in [0.717, 1.165) is 18.0 Å². The Hall–Kier alpha value is -1.35. The molecule has 1 aliphatic rings. The monoisotopic (exact) mass is 285 g/mol. The Bertz CT molecular complexity index is 648. The second kappa shape index (κ2) is 5.13. The van der Waals surface area contributed by atoms with Crippen molar-refractivity contribution in [2.24, 2.45) is 5.92 Å². The molecule has 3 heteroatoms. The van der Waals surface area contributed by atoms with E-state index in [1.807, 2.05) is 6.33 Å². The predicted molar refractivity (Wildman–Crippen MR) is 88.7 cm³/mol. The predicted octanol–water partition coefficient (Wildman–Crippen LogP) is 3.99. The van der Waals surface area contributed by atoms with Crippen LogP contribution in [0.3, 0.4) is 0 Å². The van der Waals surface area contributed by atoms with Gasteiger partial charge in [-0.25, -0.2) is 4.98 Å². The number of nitrogens with one attached hydrogen (secondary N) is 1. The van der Waals surface area contributed by atoms with E-state index in [0.29, 0.717) is 6.04 Å². The van der Waals surface area contributed by atoms with E-state index in [2.05, 4.69) is 61.6 Å². The second-order valence-electron chi connectivity index (χ2n) is 7.61. The molecule has 0 aliphatic heterocycles. The lowest BCUT2D eigenvalue weighted by Gasteiger charge is -2.39. The zero-order valence-corrected chi connectivity index (χ0v) is 13.9. The highest BCUT2D eigenvalue weighted by atomic mass is 15.1. The highest BCUT2D eigenvalue weighted by Crippen LogP contribution is 2.40. The van der Waals surface area contributed by atoms with Gasteiger partial charge < -0.3 is 9.88 Å². The molecule has 0 spiro atoms. The normalized spacial score (nSPS) is 22.5. The molecule has 3 rings (SSSR count). The summed E-state index contributed by atoms with van der Waals surface area (Å²) in [6, 6.07) is 5.11. The maximum atomic E-state index is 4.61. The number of nitrogens with zero attached hydrogens (tertiary/aromatic N) is 2. The molecule has 1 aliphatic carbocycles. The highest BCUT2D eigenvalue weighted by Gasteiger charge is 2.33. The maximum Gasteiger partial charge on any atom is 0.0961 e. The Kier molecular flexibility index (Phi) is 3.56. The summed E-state index contributed by atoms with van der Waals surface area (Å²) >= 11 is 0. The summed E-state index contributed by atoms with van der Waals surface area (Å²) in [6.07, 6.45) is 4.63. The zero-order chi connectivity index (χ0) is 15.2. The molecule has 2 unspecified atom stereocenters. The Morgan fingerprint density at radius 2 is 1.90 bits per heavy atom. The fourth-order valence-electron chi connectivity index (χ4n) is 3.14. The van der Waals surface area contributed by atoms with E-state index in [1.54, 1.807) is 0 Å². The molecule has 1 N–H and O–H groups in total. The Balaban J connectivity index is 1.82. The van der Waals surface area contributed by atoms with Crippen molar-refractivity contribution in [1.29, 1.82) is 0 Å². The molecule has 2 aromatic rings. The number of imidazole rings is 1. The van der Waals surface area contributed by atoms with Gasteiger partial charge >= 0.3 is 0 Å². The summed E-state index contributed by atoms with van der Waals surface area (Å²) < 4.78 is 2.40. The van der Waals surface area contributed by atoms with Crippen molar-refractivity contribution in [3.63, 3.8) is 0 Å². The molecular weight excluding hydrogens is 258 g/mol. The van der Waals surface area contributed by atoms with E-state index in [1.165, 1.54) is 29.5 Å². The van der Waals surface area contributed by atoms with Crippen LogP contribution in [0.5, 0.6) is 0 Å². The molecule has 2 atom stereocenters. The molecule has 0 saturated heterocycles. The van der Waals surface area contributed by atoms with Crippen LogP contribution in [-0.2, 0) is 0 Å². The van der Waals surface area contributed by atoms with Crippen molar-refractivity contribution < 1.29 is 0 Å². The standard InChI is InChI=1S/C18H27N3/c1-12-8-15-17(9-13(12)2)21(11-19-15)16-7-6-14(16)10-20-18(3,4)5/h8-9,11,14,16,20H,6-7,10H2,1-5H3. The average molecular weight is 285 g/mol. The molecule has 21 heavy (non-hydrogen) atoms. The summed E-state index contributed by atoms with van der Waals surface area (Å²) in [5.41, 5.74) is 5.31. The third-order valence-electron chi connectivity index (χ3n) is 4.82. The van der Waals surface area contributed by atoms with Crippen molar-refractivity contribution in [3.05, 3.63) is 29.6 Å². The first-order valence-electron chi connectivity index (χ1n) is 8.04. The first-order valence-corrected chi connectivity index (χ1v) is 8.04. The van der Waals surface area contributed by atoms with E-state index in [4.69, 9.17) is 0 Å². The summed E-state index contributed by atoms with van der Waals surface area (Å²) in [4.78, 5) is 4.61. The van der Waals surface area contributed by atoms with Crippen LogP contribution >= 0.6 is 0 Å². The lowest BCUT2D eigenvalue weighted by molar-refractivity contribution is 0.169. The average Bonchev–Trinajstić information content (AvgIpc) is 2.70. The van der Waals surface area contributed by atoms with Gasteiger partial charge in [0.25, 0.3) is 0 Å². The van der Waals surface area contributed by atoms with Crippen molar-refractivity contribution in [3.8, 4) is 0 Å². The third-order valence-corrected chi connectivity index (χ3v) is 4.82. The van der Waals surface area contributed by atoms with Gasteiger partial charge in [0.1, 0.15) is 0 Å². The van der Waals surface area contributed by atoms with Gasteiger partial charge in [0.05, 0.1) is 17.4 Å². The third kappa shape index (κ3) is 2.84. The molecular formula is C18H27N3. The number of fused-ring (bicyclic) bond motifs is 1. The second-order valence-corrected chi connectivity index (χ2v) is 7.61. The number of hydrogen-bond donors (Lipinski definition) is 1. The fraction of sp³-hybridized carbons (Fsp3) is 0.611. The van der Waals surface area contributed by atoms with Crippen molar-refractivity contribution in [1.82, 2.24) is 14.9 Å². The van der Waals surface area contributed by atoms with Gasteiger partial charge in [0.2, 0.25) is 0 Å². The Morgan fingerprint density at radius 1 is 1.19 bits per heavy atom. The van der Waals surface area contributed by atoms with Crippen LogP contribution in [0.25, 0.3) is 11.0 Å². The van der Waals surface area contributed by atoms with E-state index in [9.17, 15) is 0 Å². The summed E-state index contributed by atoms with van der Waals surface area (Å²) in [6.45, 7) is 12.1. The SMILES string of the molecule is Cc1cc2ncn(C3CCC3CNC(C)(C)C)c2cc1C. The Morgan fingerprint density at radius 3 is 2.52 bits per heavy atom. The van der Waals surface area contributed by atoms with Crippen LogP contribution in [0.1, 0.15) is 50.8 Å². The largest absolute Gasteiger partial charge is 0.327 e. The zero-order valence-electron chi connectivity index (χ0n) is 13.9. The molecule has 1 saturated carbocycles. The molecule has 114 valence electrons. The quantitative estimate of drug-likeness (QED) is 0.924. The van der Waals surface area contributed by atoms with Gasteiger partial charge in [-0.2, -0.15) is 0 Å². The Labute approximate surface area is 127 Å². The minimum Gasteiger partial charge on any atom is -0.327 e. The first-order chi connectivity index (χ1) is 9.85. The lowest BCUT2D eigenvalue weighted by atomic mass is 9.78. The van der Waals surface area contributed by atoms with Gasteiger partial charge in [0, 0.05) is 18.1 Å². The smallest absolute Gasteiger partial charge is 0.0961 e. The van der Waals surface area contributed by atoms with Gasteiger partial charge in [-0.3, -0.25) is 0 Å². The maximum absolute atomic E-state index is 4.61. The summed E-state index contributed by atoms with van der Waals surface area (Å²) in [5, 5.41) is 3.65. The minimum absolute atomic E-state index is 0.199. The molecule has 1 aromatic heterocycles. The fourth-order valence-corrected chi connectivity index (χ4v) is 3.14. The molecule has 1 heterocycles. The van der Waals surface area contributed by atoms with E-state index < -0.39 is 0 Å². The summed E-state index contributed by atoms with van der Waals surface area (Å²) in [5.74, 6) is 0.725. The van der Waals surface area contributed by atoms with Crippen LogP contribution < -0.4 is 5.32 Å². The van der Waals surface area contributed by atoms with Gasteiger partial charge in [-0.1, -0.05) is 0 Å². The van der Waals surface area contributed by atoms with Gasteiger partial charge in [-0.15, -0.1) is 0 Å². The lowest BCUT2D eigenvalue weighted by Crippen LogP contribution is -2.44. The number of rotatable bonds is 3. The molecule has 1 aromatic carbocycles. The van der Waals surface area contributed by atoms with Crippen LogP contribution in [0.2, 0.25) is 0 Å². The number of aromatic nitrogens is 2. The number of aryl methyl sites for hydroxylation is 2. The van der Waals surface area contributed by atoms with Crippen molar-refractivity contribution >= 4 is 11.0 Å². The minimum atomic E-state index is 0.199. The number of benzene rings is 1. The topological polar surface area (TPSA) is 29.9 Å². The van der Waals surface area contributed by atoms with E-state index in [-0.39, 0.29) is 5.54 Å². The van der Waals surface area contributed by atoms with Gasteiger partial charge in [0.15, 0.2) is 0 Å². The van der Waals surface area contributed by atoms with Crippen LogP contribution in [-0.4, -0.2) is 21.6 Å². The molecule has 0 amide bonds. The first kappa shape index (κ1) is 14.6. The van der Waals surface area contributed by atoms with E-state index >= 15 is 0 Å².